The van der Waals surface area contributed by atoms with Gasteiger partial charge in [0.2, 0.25) is 0 Å². The average molecular weight is 288 g/mol. The van der Waals surface area contributed by atoms with Crippen LogP contribution in [-0.4, -0.2) is 11.7 Å². The van der Waals surface area contributed by atoms with Crippen molar-refractivity contribution < 1.29 is 5.11 Å². The fraction of sp³-hybridized carbons (Fsp3) is 0.143. The van der Waals surface area contributed by atoms with Gasteiger partial charge in [-0.3, -0.25) is 0 Å². The lowest BCUT2D eigenvalue weighted by Gasteiger charge is -2.18. The second-order valence-corrected chi connectivity index (χ2v) is 5.47. The fourth-order valence-corrected chi connectivity index (χ4v) is 2.91. The van der Waals surface area contributed by atoms with Crippen LogP contribution in [0.25, 0.3) is 11.1 Å². The number of benzene rings is 3. The van der Waals surface area contributed by atoms with Crippen molar-refractivity contribution in [3.8, 4) is 11.1 Å². The Morgan fingerprint density at radius 3 is 1.91 bits per heavy atom. The Morgan fingerprint density at radius 2 is 1.23 bits per heavy atom. The van der Waals surface area contributed by atoms with Gasteiger partial charge in [-0.15, -0.1) is 0 Å². The summed E-state index contributed by atoms with van der Waals surface area (Å²) in [5.41, 5.74) is 4.94. The fourth-order valence-electron chi connectivity index (χ4n) is 2.91. The Kier molecular flexibility index (Phi) is 4.67. The summed E-state index contributed by atoms with van der Waals surface area (Å²) in [6.45, 7) is 0.190. The third kappa shape index (κ3) is 3.26. The molecule has 22 heavy (non-hydrogen) atoms. The molecule has 1 atom stereocenters. The minimum atomic E-state index is 0.190. The number of rotatable bonds is 5. The Bertz CT molecular complexity index is 704. The molecule has 0 bridgehead atoms. The van der Waals surface area contributed by atoms with Crippen molar-refractivity contribution >= 4 is 0 Å². The third-order valence-corrected chi connectivity index (χ3v) is 4.02. The number of aliphatic hydroxyl groups excluding tert-OH is 1. The minimum Gasteiger partial charge on any atom is -0.396 e. The first-order valence-corrected chi connectivity index (χ1v) is 7.69. The van der Waals surface area contributed by atoms with E-state index >= 15 is 0 Å². The standard InChI is InChI=1S/C21H20O/c22-15-14-21(18-10-5-2-6-11-18)20-13-7-12-19(16-20)17-8-3-1-4-9-17/h1-13,16,21-22H,14-15H2. The zero-order chi connectivity index (χ0) is 15.2. The van der Waals surface area contributed by atoms with Crippen molar-refractivity contribution in [2.75, 3.05) is 6.61 Å². The molecular formula is C21H20O. The highest BCUT2D eigenvalue weighted by atomic mass is 16.3. The van der Waals surface area contributed by atoms with E-state index in [1.165, 1.54) is 22.3 Å². The molecule has 1 heteroatoms. The SMILES string of the molecule is OCCC(c1ccccc1)c1cccc(-c2ccccc2)c1. The second kappa shape index (κ2) is 7.06. The van der Waals surface area contributed by atoms with Gasteiger partial charge in [0, 0.05) is 12.5 Å². The molecule has 0 aliphatic carbocycles. The Morgan fingerprint density at radius 1 is 0.636 bits per heavy atom. The maximum absolute atomic E-state index is 9.45. The van der Waals surface area contributed by atoms with E-state index in [-0.39, 0.29) is 12.5 Å². The van der Waals surface area contributed by atoms with Crippen molar-refractivity contribution in [1.29, 1.82) is 0 Å². The Hall–Kier alpha value is -2.38. The monoisotopic (exact) mass is 288 g/mol. The number of hydrogen-bond donors (Lipinski definition) is 1. The first-order chi connectivity index (χ1) is 10.9. The van der Waals surface area contributed by atoms with Crippen molar-refractivity contribution in [3.05, 3.63) is 96.1 Å². The molecule has 0 amide bonds. The number of hydrogen-bond acceptors (Lipinski definition) is 1. The van der Waals surface area contributed by atoms with Gasteiger partial charge in [0.25, 0.3) is 0 Å². The van der Waals surface area contributed by atoms with Crippen LogP contribution in [-0.2, 0) is 0 Å². The van der Waals surface area contributed by atoms with E-state index in [1.54, 1.807) is 0 Å². The van der Waals surface area contributed by atoms with Gasteiger partial charge in [0.1, 0.15) is 0 Å². The van der Waals surface area contributed by atoms with Crippen LogP contribution in [0.5, 0.6) is 0 Å². The quantitative estimate of drug-likeness (QED) is 0.710. The van der Waals surface area contributed by atoms with Crippen LogP contribution in [0.4, 0.5) is 0 Å². The van der Waals surface area contributed by atoms with Crippen LogP contribution >= 0.6 is 0 Å². The molecule has 0 aliphatic rings. The van der Waals surface area contributed by atoms with Crippen molar-refractivity contribution in [2.45, 2.75) is 12.3 Å². The molecular weight excluding hydrogens is 268 g/mol. The van der Waals surface area contributed by atoms with Gasteiger partial charge in [-0.1, -0.05) is 84.9 Å². The van der Waals surface area contributed by atoms with E-state index in [2.05, 4.69) is 72.8 Å². The zero-order valence-electron chi connectivity index (χ0n) is 12.5. The van der Waals surface area contributed by atoms with E-state index in [0.717, 1.165) is 6.42 Å². The largest absolute Gasteiger partial charge is 0.396 e. The van der Waals surface area contributed by atoms with Crippen LogP contribution in [0.1, 0.15) is 23.5 Å². The predicted molar refractivity (Wildman–Crippen MR) is 91.9 cm³/mol. The van der Waals surface area contributed by atoms with Gasteiger partial charge in [-0.05, 0) is 28.7 Å². The number of aliphatic hydroxyl groups is 1. The van der Waals surface area contributed by atoms with Gasteiger partial charge in [-0.2, -0.15) is 0 Å². The predicted octanol–water partition coefficient (Wildman–Crippen LogP) is 4.87. The van der Waals surface area contributed by atoms with Crippen LogP contribution < -0.4 is 0 Å². The summed E-state index contributed by atoms with van der Waals surface area (Å²) >= 11 is 0. The first-order valence-electron chi connectivity index (χ1n) is 7.69. The summed E-state index contributed by atoms with van der Waals surface area (Å²) < 4.78 is 0. The zero-order valence-corrected chi connectivity index (χ0v) is 12.5. The maximum atomic E-state index is 9.45. The molecule has 110 valence electrons. The highest BCUT2D eigenvalue weighted by Crippen LogP contribution is 2.30. The summed E-state index contributed by atoms with van der Waals surface area (Å²) in [6, 6.07) is 29.5. The molecule has 0 radical (unpaired) electrons. The van der Waals surface area contributed by atoms with E-state index < -0.39 is 0 Å². The van der Waals surface area contributed by atoms with Gasteiger partial charge in [0.15, 0.2) is 0 Å². The molecule has 3 aromatic carbocycles. The molecule has 1 nitrogen and oxygen atoms in total. The van der Waals surface area contributed by atoms with Gasteiger partial charge < -0.3 is 5.11 Å². The van der Waals surface area contributed by atoms with Crippen LogP contribution in [0.3, 0.4) is 0 Å². The van der Waals surface area contributed by atoms with Crippen molar-refractivity contribution in [2.24, 2.45) is 0 Å². The molecule has 3 aromatic rings. The normalized spacial score (nSPS) is 12.0. The van der Waals surface area contributed by atoms with Crippen molar-refractivity contribution in [3.63, 3.8) is 0 Å². The van der Waals surface area contributed by atoms with Gasteiger partial charge in [0.05, 0.1) is 0 Å². The third-order valence-electron chi connectivity index (χ3n) is 4.02. The lowest BCUT2D eigenvalue weighted by molar-refractivity contribution is 0.281. The summed E-state index contributed by atoms with van der Waals surface area (Å²) in [5.74, 6) is 0.231. The summed E-state index contributed by atoms with van der Waals surface area (Å²) in [4.78, 5) is 0. The molecule has 1 unspecified atom stereocenters. The summed E-state index contributed by atoms with van der Waals surface area (Å²) in [6.07, 6.45) is 0.738. The van der Waals surface area contributed by atoms with Gasteiger partial charge >= 0.3 is 0 Å². The molecule has 0 saturated carbocycles. The summed E-state index contributed by atoms with van der Waals surface area (Å²) in [7, 11) is 0. The van der Waals surface area contributed by atoms with E-state index in [4.69, 9.17) is 0 Å². The average Bonchev–Trinajstić information content (AvgIpc) is 2.61. The minimum absolute atomic E-state index is 0.190. The molecule has 0 aliphatic heterocycles. The molecule has 0 fully saturated rings. The van der Waals surface area contributed by atoms with Gasteiger partial charge in [-0.25, -0.2) is 0 Å². The molecule has 0 saturated heterocycles. The molecule has 1 N–H and O–H groups in total. The van der Waals surface area contributed by atoms with Crippen LogP contribution in [0.15, 0.2) is 84.9 Å². The molecule has 0 aromatic heterocycles. The lowest BCUT2D eigenvalue weighted by atomic mass is 9.87. The topological polar surface area (TPSA) is 20.2 Å². The van der Waals surface area contributed by atoms with E-state index in [1.807, 2.05) is 12.1 Å². The van der Waals surface area contributed by atoms with E-state index in [9.17, 15) is 5.11 Å². The molecule has 0 heterocycles. The highest BCUT2D eigenvalue weighted by Gasteiger charge is 2.14. The first kappa shape index (κ1) is 14.6. The molecule has 0 spiro atoms. The van der Waals surface area contributed by atoms with Crippen LogP contribution in [0.2, 0.25) is 0 Å². The van der Waals surface area contributed by atoms with E-state index in [0.29, 0.717) is 0 Å². The Balaban J connectivity index is 1.99. The molecule has 3 rings (SSSR count). The summed E-state index contributed by atoms with van der Waals surface area (Å²) in [5, 5.41) is 9.45. The maximum Gasteiger partial charge on any atom is 0.0440 e. The lowest BCUT2D eigenvalue weighted by Crippen LogP contribution is -2.03. The smallest absolute Gasteiger partial charge is 0.0440 e. The van der Waals surface area contributed by atoms with Crippen molar-refractivity contribution in [1.82, 2.24) is 0 Å². The second-order valence-electron chi connectivity index (χ2n) is 5.47. The highest BCUT2D eigenvalue weighted by molar-refractivity contribution is 5.64. The Labute approximate surface area is 131 Å². The van der Waals surface area contributed by atoms with Crippen LogP contribution in [0, 0.1) is 0 Å².